The number of piperidine rings is 1. The van der Waals surface area contributed by atoms with Crippen molar-refractivity contribution in [1.29, 1.82) is 0 Å². The van der Waals surface area contributed by atoms with Gasteiger partial charge in [0.15, 0.2) is 0 Å². The van der Waals surface area contributed by atoms with Gasteiger partial charge in [-0.05, 0) is 38.9 Å². The van der Waals surface area contributed by atoms with E-state index in [4.69, 9.17) is 0 Å². The van der Waals surface area contributed by atoms with Gasteiger partial charge in [-0.3, -0.25) is 0 Å². The zero-order valence-electron chi connectivity index (χ0n) is 9.66. The van der Waals surface area contributed by atoms with Crippen LogP contribution in [0.3, 0.4) is 0 Å². The fraction of sp³-hybridized carbons (Fsp3) is 1.00. The van der Waals surface area contributed by atoms with Crippen molar-refractivity contribution in [2.24, 2.45) is 5.92 Å². The maximum Gasteiger partial charge on any atom is 0.0820 e. The van der Waals surface area contributed by atoms with E-state index in [1.54, 1.807) is 0 Å². The van der Waals surface area contributed by atoms with E-state index in [1.165, 1.54) is 6.42 Å². The molecule has 0 spiro atoms. The SMILES string of the molecule is CC(C)CCNC1CCN(C)CC1O. The quantitative estimate of drug-likeness (QED) is 0.701. The number of hydrogen-bond donors (Lipinski definition) is 2. The first-order valence-electron chi connectivity index (χ1n) is 5.69. The molecule has 1 aliphatic rings. The predicted octanol–water partition coefficient (Wildman–Crippen LogP) is 0.687. The summed E-state index contributed by atoms with van der Waals surface area (Å²) in [5, 5.41) is 13.2. The molecule has 3 heteroatoms. The summed E-state index contributed by atoms with van der Waals surface area (Å²) >= 11 is 0. The lowest BCUT2D eigenvalue weighted by Gasteiger charge is -2.34. The molecule has 84 valence electrons. The molecule has 0 radical (unpaired) electrons. The molecule has 2 unspecified atom stereocenters. The fourth-order valence-electron chi connectivity index (χ4n) is 1.89. The summed E-state index contributed by atoms with van der Waals surface area (Å²) in [6.07, 6.45) is 2.07. The van der Waals surface area contributed by atoms with E-state index in [1.807, 2.05) is 0 Å². The van der Waals surface area contributed by atoms with Crippen LogP contribution in [0.2, 0.25) is 0 Å². The lowest BCUT2D eigenvalue weighted by atomic mass is 10.0. The van der Waals surface area contributed by atoms with Crippen LogP contribution in [0.4, 0.5) is 0 Å². The Kier molecular flexibility index (Phi) is 4.85. The third-order valence-corrected chi connectivity index (χ3v) is 2.91. The molecule has 3 nitrogen and oxygen atoms in total. The Balaban J connectivity index is 2.17. The summed E-state index contributed by atoms with van der Waals surface area (Å²) in [4.78, 5) is 2.19. The number of nitrogens with one attached hydrogen (secondary N) is 1. The maximum absolute atomic E-state index is 9.80. The minimum atomic E-state index is -0.194. The molecular formula is C11H24N2O. The zero-order chi connectivity index (χ0) is 10.6. The van der Waals surface area contributed by atoms with Crippen molar-refractivity contribution < 1.29 is 5.11 Å². The number of aliphatic hydroxyl groups is 1. The highest BCUT2D eigenvalue weighted by Crippen LogP contribution is 2.09. The van der Waals surface area contributed by atoms with Crippen molar-refractivity contribution in [3.05, 3.63) is 0 Å². The van der Waals surface area contributed by atoms with Crippen molar-refractivity contribution in [2.45, 2.75) is 38.8 Å². The summed E-state index contributed by atoms with van der Waals surface area (Å²) in [7, 11) is 2.06. The van der Waals surface area contributed by atoms with E-state index >= 15 is 0 Å². The van der Waals surface area contributed by atoms with Gasteiger partial charge in [0.25, 0.3) is 0 Å². The number of likely N-dealkylation sites (N-methyl/N-ethyl adjacent to an activating group) is 1. The summed E-state index contributed by atoms with van der Waals surface area (Å²) in [5.74, 6) is 0.742. The highest BCUT2D eigenvalue weighted by Gasteiger charge is 2.24. The summed E-state index contributed by atoms with van der Waals surface area (Å²) in [6, 6.07) is 0.310. The van der Waals surface area contributed by atoms with Gasteiger partial charge >= 0.3 is 0 Å². The van der Waals surface area contributed by atoms with Crippen LogP contribution in [-0.4, -0.2) is 48.8 Å². The van der Waals surface area contributed by atoms with E-state index in [-0.39, 0.29) is 6.10 Å². The molecular weight excluding hydrogens is 176 g/mol. The maximum atomic E-state index is 9.80. The molecule has 1 heterocycles. The normalized spacial score (nSPS) is 29.8. The number of hydrogen-bond acceptors (Lipinski definition) is 3. The van der Waals surface area contributed by atoms with Gasteiger partial charge in [-0.25, -0.2) is 0 Å². The average molecular weight is 200 g/mol. The molecule has 1 rings (SSSR count). The third kappa shape index (κ3) is 3.95. The number of aliphatic hydroxyl groups excluding tert-OH is 1. The Morgan fingerprint density at radius 3 is 2.79 bits per heavy atom. The van der Waals surface area contributed by atoms with Crippen LogP contribution in [0.25, 0.3) is 0 Å². The Hall–Kier alpha value is -0.120. The Labute approximate surface area is 87.5 Å². The monoisotopic (exact) mass is 200 g/mol. The van der Waals surface area contributed by atoms with E-state index in [0.717, 1.165) is 32.0 Å². The molecule has 2 N–H and O–H groups in total. The van der Waals surface area contributed by atoms with E-state index in [9.17, 15) is 5.11 Å². The predicted molar refractivity (Wildman–Crippen MR) is 59.4 cm³/mol. The van der Waals surface area contributed by atoms with Crippen LogP contribution in [0.1, 0.15) is 26.7 Å². The third-order valence-electron chi connectivity index (χ3n) is 2.91. The van der Waals surface area contributed by atoms with Gasteiger partial charge in [0, 0.05) is 12.6 Å². The molecule has 0 saturated carbocycles. The van der Waals surface area contributed by atoms with Gasteiger partial charge in [0.1, 0.15) is 0 Å². The second-order valence-electron chi connectivity index (χ2n) is 4.86. The van der Waals surface area contributed by atoms with E-state index in [2.05, 4.69) is 31.1 Å². The Bertz CT molecular complexity index is 161. The second kappa shape index (κ2) is 5.69. The smallest absolute Gasteiger partial charge is 0.0820 e. The van der Waals surface area contributed by atoms with Crippen LogP contribution in [0.5, 0.6) is 0 Å². The second-order valence-corrected chi connectivity index (χ2v) is 4.86. The first kappa shape index (κ1) is 12.0. The first-order chi connectivity index (χ1) is 6.59. The molecule has 1 saturated heterocycles. The van der Waals surface area contributed by atoms with Crippen LogP contribution >= 0.6 is 0 Å². The number of rotatable bonds is 4. The van der Waals surface area contributed by atoms with Crippen molar-refractivity contribution in [3.63, 3.8) is 0 Å². The summed E-state index contributed by atoms with van der Waals surface area (Å²) in [6.45, 7) is 7.39. The topological polar surface area (TPSA) is 35.5 Å². The molecule has 14 heavy (non-hydrogen) atoms. The molecule has 0 aliphatic carbocycles. The number of nitrogens with zero attached hydrogens (tertiary/aromatic N) is 1. The molecule has 0 aromatic carbocycles. The first-order valence-corrected chi connectivity index (χ1v) is 5.69. The van der Waals surface area contributed by atoms with Crippen LogP contribution in [0.15, 0.2) is 0 Å². The van der Waals surface area contributed by atoms with Gasteiger partial charge in [0.05, 0.1) is 6.10 Å². The van der Waals surface area contributed by atoms with Crippen molar-refractivity contribution in [2.75, 3.05) is 26.7 Å². The highest BCUT2D eigenvalue weighted by molar-refractivity contribution is 4.83. The van der Waals surface area contributed by atoms with Gasteiger partial charge in [-0.1, -0.05) is 13.8 Å². The Morgan fingerprint density at radius 2 is 2.21 bits per heavy atom. The minimum absolute atomic E-state index is 0.194. The van der Waals surface area contributed by atoms with Crippen LogP contribution in [0, 0.1) is 5.92 Å². The van der Waals surface area contributed by atoms with Crippen molar-refractivity contribution in [1.82, 2.24) is 10.2 Å². The zero-order valence-corrected chi connectivity index (χ0v) is 9.66. The molecule has 0 aromatic rings. The standard InChI is InChI=1S/C11H24N2O/c1-9(2)4-6-12-10-5-7-13(3)8-11(10)14/h9-12,14H,4-8H2,1-3H3. The average Bonchev–Trinajstić information content (AvgIpc) is 2.08. The van der Waals surface area contributed by atoms with Gasteiger partial charge < -0.3 is 15.3 Å². The van der Waals surface area contributed by atoms with Gasteiger partial charge in [-0.15, -0.1) is 0 Å². The summed E-state index contributed by atoms with van der Waals surface area (Å²) < 4.78 is 0. The van der Waals surface area contributed by atoms with Crippen LogP contribution in [-0.2, 0) is 0 Å². The molecule has 1 fully saturated rings. The minimum Gasteiger partial charge on any atom is -0.390 e. The highest BCUT2D eigenvalue weighted by atomic mass is 16.3. The van der Waals surface area contributed by atoms with Crippen molar-refractivity contribution >= 4 is 0 Å². The fourth-order valence-corrected chi connectivity index (χ4v) is 1.89. The lowest BCUT2D eigenvalue weighted by Crippen LogP contribution is -2.51. The summed E-state index contributed by atoms with van der Waals surface area (Å²) in [5.41, 5.74) is 0. The molecule has 0 amide bonds. The van der Waals surface area contributed by atoms with E-state index in [0.29, 0.717) is 6.04 Å². The Morgan fingerprint density at radius 1 is 1.50 bits per heavy atom. The molecule has 0 bridgehead atoms. The van der Waals surface area contributed by atoms with E-state index < -0.39 is 0 Å². The largest absolute Gasteiger partial charge is 0.390 e. The molecule has 2 atom stereocenters. The lowest BCUT2D eigenvalue weighted by molar-refractivity contribution is 0.0516. The number of β-amino-alcohol motifs (C(OH)–C–C–N with tert-alkyl or cyclic N) is 1. The van der Waals surface area contributed by atoms with Gasteiger partial charge in [-0.2, -0.15) is 0 Å². The molecule has 0 aromatic heterocycles. The van der Waals surface area contributed by atoms with Crippen LogP contribution < -0.4 is 5.32 Å². The number of likely N-dealkylation sites (tertiary alicyclic amines) is 1. The van der Waals surface area contributed by atoms with Crippen molar-refractivity contribution in [3.8, 4) is 0 Å². The molecule has 1 aliphatic heterocycles. The van der Waals surface area contributed by atoms with Gasteiger partial charge in [0.2, 0.25) is 0 Å².